The quantitative estimate of drug-likeness (QED) is 0.181. The molecule has 392 valence electrons. The van der Waals surface area contributed by atoms with E-state index < -0.39 is 57.9 Å². The molecule has 4 atom stereocenters. The van der Waals surface area contributed by atoms with Crippen LogP contribution in [-0.2, 0) is 30.0 Å². The topological polar surface area (TPSA) is 160 Å². The van der Waals surface area contributed by atoms with E-state index in [0.717, 1.165) is 51.1 Å². The van der Waals surface area contributed by atoms with E-state index >= 15 is 4.39 Å². The first kappa shape index (κ1) is 57.0. The number of thioether (sulfide) groups is 2. The Labute approximate surface area is 445 Å². The molecule has 0 bridgehead atoms. The minimum atomic E-state index is -0.939. The smallest absolute Gasteiger partial charge is 0.426 e. The highest BCUT2D eigenvalue weighted by atomic mass is 79.9. The average molecular weight is 1110 g/mol. The number of hydrogen-bond acceptors (Lipinski definition) is 13. The average Bonchev–Trinajstić information content (AvgIpc) is 3.90. The second-order valence-corrected chi connectivity index (χ2v) is 25.4. The van der Waals surface area contributed by atoms with Gasteiger partial charge in [-0.3, -0.25) is 0 Å². The minimum Gasteiger partial charge on any atom is -0.443 e. The molecule has 2 fully saturated rings. The predicted molar refractivity (Wildman–Crippen MR) is 287 cm³/mol. The minimum absolute atomic E-state index is 0.0302. The third kappa shape index (κ3) is 14.3. The van der Waals surface area contributed by atoms with E-state index in [9.17, 15) is 23.6 Å². The van der Waals surface area contributed by atoms with Crippen molar-refractivity contribution in [1.29, 1.82) is 5.26 Å². The van der Waals surface area contributed by atoms with Gasteiger partial charge in [-0.15, -0.1) is 0 Å². The number of fused-ring (bicyclic) bond motifs is 2. The Balaban J connectivity index is 0.000000246. The predicted octanol–water partition coefficient (Wildman–Crippen LogP) is 15.0. The number of aliphatic imine (C=N–C) groups is 2. The van der Waals surface area contributed by atoms with Crippen LogP contribution < -0.4 is 0 Å². The largest absolute Gasteiger partial charge is 0.443 e. The van der Waals surface area contributed by atoms with Gasteiger partial charge in [-0.1, -0.05) is 82.6 Å². The number of amidine groups is 2. The molecule has 73 heavy (non-hydrogen) atoms. The first-order chi connectivity index (χ1) is 33.9. The van der Waals surface area contributed by atoms with Gasteiger partial charge < -0.3 is 18.9 Å². The molecule has 2 aliphatic carbocycles. The van der Waals surface area contributed by atoms with E-state index in [2.05, 4.69) is 22.0 Å². The first-order valence-corrected chi connectivity index (χ1v) is 27.1. The number of benzene rings is 3. The molecule has 4 aliphatic rings. The van der Waals surface area contributed by atoms with Crippen LogP contribution in [-0.4, -0.2) is 78.4 Å². The first-order valence-electron chi connectivity index (χ1n) is 24.3. The van der Waals surface area contributed by atoms with E-state index in [-0.39, 0.29) is 33.8 Å². The molecule has 2 heterocycles. The number of nitriles is 1. The third-order valence-corrected chi connectivity index (χ3v) is 14.7. The van der Waals surface area contributed by atoms with Crippen molar-refractivity contribution in [2.75, 3.05) is 11.5 Å². The maximum absolute atomic E-state index is 15.6. The van der Waals surface area contributed by atoms with E-state index in [0.29, 0.717) is 41.0 Å². The molecule has 18 heteroatoms. The van der Waals surface area contributed by atoms with Crippen molar-refractivity contribution in [2.24, 2.45) is 21.8 Å². The summed E-state index contributed by atoms with van der Waals surface area (Å²) < 4.78 is 53.4. The van der Waals surface area contributed by atoms with Crippen molar-refractivity contribution in [2.45, 2.75) is 155 Å². The van der Waals surface area contributed by atoms with E-state index in [1.807, 2.05) is 24.3 Å². The van der Waals surface area contributed by atoms with Gasteiger partial charge in [0.25, 0.3) is 0 Å². The van der Waals surface area contributed by atoms with Gasteiger partial charge in [0.15, 0.2) is 10.3 Å². The van der Waals surface area contributed by atoms with Crippen LogP contribution in [0, 0.1) is 34.8 Å². The fraction of sp³-hybridized carbons (Fsp3) is 0.509. The highest BCUT2D eigenvalue weighted by Crippen LogP contribution is 2.54. The number of hydrogen-bond donors (Lipinski definition) is 0. The number of rotatable bonds is 4. The molecular weight excluding hydrogens is 1040 g/mol. The molecule has 2 saturated carbocycles. The maximum Gasteiger partial charge on any atom is 0.426 e. The molecule has 0 aromatic heterocycles. The lowest BCUT2D eigenvalue weighted by molar-refractivity contribution is 0.0127. The van der Waals surface area contributed by atoms with Gasteiger partial charge >= 0.3 is 24.4 Å². The van der Waals surface area contributed by atoms with Gasteiger partial charge in [0.05, 0.1) is 22.7 Å². The molecular formula is C55H66BrF2N5O8S2. The second kappa shape index (κ2) is 22.3. The molecule has 0 N–H and O–H groups in total. The van der Waals surface area contributed by atoms with Crippen LogP contribution in [0.15, 0.2) is 75.1 Å². The summed E-state index contributed by atoms with van der Waals surface area (Å²) >= 11 is 6.02. The van der Waals surface area contributed by atoms with E-state index in [1.54, 1.807) is 119 Å². The van der Waals surface area contributed by atoms with Gasteiger partial charge in [-0.05, 0) is 174 Å². The lowest BCUT2D eigenvalue weighted by Gasteiger charge is -2.39. The summed E-state index contributed by atoms with van der Waals surface area (Å²) in [6.07, 6.45) is 4.98. The van der Waals surface area contributed by atoms with E-state index in [4.69, 9.17) is 34.2 Å². The number of nitrogens with zero attached hydrogens (tertiary/aromatic N) is 5. The second-order valence-electron chi connectivity index (χ2n) is 22.5. The van der Waals surface area contributed by atoms with Crippen molar-refractivity contribution in [3.63, 3.8) is 0 Å². The Morgan fingerprint density at radius 2 is 0.986 bits per heavy atom. The van der Waals surface area contributed by atoms with Crippen LogP contribution in [0.5, 0.6) is 0 Å². The number of amides is 4. The van der Waals surface area contributed by atoms with Crippen molar-refractivity contribution >= 4 is 86.3 Å². The van der Waals surface area contributed by atoms with E-state index in [1.165, 1.54) is 35.7 Å². The van der Waals surface area contributed by atoms with Crippen LogP contribution in [0.3, 0.4) is 0 Å². The maximum atomic E-state index is 15.6. The highest BCUT2D eigenvalue weighted by Gasteiger charge is 2.52. The van der Waals surface area contributed by atoms with Crippen molar-refractivity contribution < 1.29 is 46.9 Å². The molecule has 13 nitrogen and oxygen atoms in total. The van der Waals surface area contributed by atoms with Crippen molar-refractivity contribution in [1.82, 2.24) is 9.80 Å². The number of imide groups is 2. The fourth-order valence-corrected chi connectivity index (χ4v) is 12.0. The lowest BCUT2D eigenvalue weighted by Crippen LogP contribution is -2.49. The zero-order chi connectivity index (χ0) is 53.9. The molecule has 7 rings (SSSR count). The molecule has 2 aliphatic heterocycles. The third-order valence-electron chi connectivity index (χ3n) is 12.0. The van der Waals surface area contributed by atoms with Crippen LogP contribution in [0.1, 0.15) is 149 Å². The fourth-order valence-electron chi connectivity index (χ4n) is 9.03. The summed E-state index contributed by atoms with van der Waals surface area (Å²) in [6.45, 7) is 20.6. The Morgan fingerprint density at radius 1 is 0.616 bits per heavy atom. The summed E-state index contributed by atoms with van der Waals surface area (Å²) in [5, 5.41) is 9.35. The molecule has 0 spiro atoms. The van der Waals surface area contributed by atoms with Crippen molar-refractivity contribution in [3.8, 4) is 6.07 Å². The van der Waals surface area contributed by atoms with Gasteiger partial charge in [-0.25, -0.2) is 37.9 Å². The molecule has 0 saturated heterocycles. The zero-order valence-corrected chi connectivity index (χ0v) is 46.9. The molecule has 0 unspecified atom stereocenters. The van der Waals surface area contributed by atoms with Crippen molar-refractivity contribution in [3.05, 3.63) is 105 Å². The molecule has 3 aromatic carbocycles. The van der Waals surface area contributed by atoms with Crippen LogP contribution >= 0.6 is 39.5 Å². The van der Waals surface area contributed by atoms with Crippen LogP contribution in [0.25, 0.3) is 12.2 Å². The Bertz CT molecular complexity index is 2660. The Hall–Kier alpha value is -5.25. The summed E-state index contributed by atoms with van der Waals surface area (Å²) in [5.41, 5.74) is -1.95. The molecule has 4 amide bonds. The number of carbonyl (C=O) groups excluding carboxylic acids is 4. The summed E-state index contributed by atoms with van der Waals surface area (Å²) in [7, 11) is 0. The lowest BCUT2D eigenvalue weighted by atomic mass is 9.80. The summed E-state index contributed by atoms with van der Waals surface area (Å²) in [5.74, 6) is 0.556. The van der Waals surface area contributed by atoms with Crippen LogP contribution in [0.2, 0.25) is 0 Å². The van der Waals surface area contributed by atoms with Gasteiger partial charge in [0.1, 0.15) is 34.0 Å². The van der Waals surface area contributed by atoms with Gasteiger partial charge in [0.2, 0.25) is 0 Å². The standard InChI is InChI=1S/C32H36FN3O4S.C23H30BrFN2O4S/c1-30(2,3)39-28(37)36(29(38)40-31(4,5)6)27-35-32(17-7-8-24(32)20-41-27)25-18-22(15-16-26(25)33)12-9-21-10-13-23(19-34)14-11-21;1-21(2,3)30-19(28)27(20(29)31-22(4,5)6)18-26-23(11-7-8-14(23)13-32-18)16-12-15(24)9-10-17(16)25/h9-16,18,24H,7-8,17,20H2,1-6H3;9-10,12,14H,7-8,11,13H2,1-6H3/b12-9+;/t24-,32-;14-,23-/m00/s1. The number of ether oxygens (including phenoxy) is 4. The monoisotopic (exact) mass is 1110 g/mol. The summed E-state index contributed by atoms with van der Waals surface area (Å²) in [6, 6.07) is 19.0. The Morgan fingerprint density at radius 3 is 1.38 bits per heavy atom. The molecule has 3 aromatic rings. The number of halogens is 3. The molecule has 0 radical (unpaired) electrons. The van der Waals surface area contributed by atoms with Crippen LogP contribution in [0.4, 0.5) is 28.0 Å². The summed E-state index contributed by atoms with van der Waals surface area (Å²) in [4.78, 5) is 64.3. The van der Waals surface area contributed by atoms with Gasteiger partial charge in [0, 0.05) is 27.1 Å². The highest BCUT2D eigenvalue weighted by molar-refractivity contribution is 9.10. The van der Waals surface area contributed by atoms with Gasteiger partial charge in [-0.2, -0.15) is 15.1 Å². The SMILES string of the molecule is CC(C)(C)OC(=O)N(C(=O)OC(C)(C)C)C1=N[C@@]2(c3cc(/C=C/c4ccc(C#N)cc4)ccc3F)CCC[C@H]2CS1.CC(C)(C)OC(=O)N(C(=O)OC(C)(C)C)C1=N[C@@]2(c3cc(Br)ccc3F)CCC[C@H]2CS1. The normalized spacial score (nSPS) is 21.8. The zero-order valence-electron chi connectivity index (χ0n) is 43.7. The number of carbonyl (C=O) groups is 4. The Kier molecular flexibility index (Phi) is 17.4.